The van der Waals surface area contributed by atoms with Crippen LogP contribution in [-0.2, 0) is 23.9 Å². The summed E-state index contributed by atoms with van der Waals surface area (Å²) in [5, 5.41) is 18.7. The second-order valence-electron chi connectivity index (χ2n) is 10.8. The van der Waals surface area contributed by atoms with Gasteiger partial charge in [-0.2, -0.15) is 5.10 Å². The number of carboxylic acids is 1. The van der Waals surface area contributed by atoms with Crippen LogP contribution in [0.1, 0.15) is 36.7 Å². The molecule has 0 saturated carbocycles. The molecule has 2 aliphatic heterocycles. The maximum atomic E-state index is 13.4. The number of rotatable bonds is 13. The van der Waals surface area contributed by atoms with Crippen molar-refractivity contribution in [2.75, 3.05) is 59.2 Å². The van der Waals surface area contributed by atoms with Crippen LogP contribution in [0, 0.1) is 0 Å². The van der Waals surface area contributed by atoms with Crippen LogP contribution in [0.15, 0.2) is 36.4 Å². The van der Waals surface area contributed by atoms with Gasteiger partial charge in [0.15, 0.2) is 12.3 Å². The number of piperazine rings is 1. The molecule has 17 heteroatoms. The minimum Gasteiger partial charge on any atom is -0.481 e. The van der Waals surface area contributed by atoms with Crippen LogP contribution >= 0.6 is 0 Å². The van der Waals surface area contributed by atoms with E-state index in [0.29, 0.717) is 25.1 Å². The molecule has 3 heterocycles. The van der Waals surface area contributed by atoms with Gasteiger partial charge in [0.25, 0.3) is 11.8 Å². The molecule has 2 aromatic rings. The molecule has 2 fully saturated rings. The average molecular weight is 660 g/mol. The molecule has 2 atom stereocenters. The number of nitrogens with one attached hydrogen (secondary N) is 2. The maximum Gasteiger partial charge on any atom is 0.409 e. The Bertz CT molecular complexity index is 1450. The number of para-hydroxylation sites is 1. The highest BCUT2D eigenvalue weighted by Crippen LogP contribution is 2.22. The second kappa shape index (κ2) is 16.4. The Balaban J connectivity index is 1.47. The van der Waals surface area contributed by atoms with E-state index in [-0.39, 0.29) is 50.9 Å². The van der Waals surface area contributed by atoms with Crippen LogP contribution in [-0.4, -0.2) is 137 Å². The third kappa shape index (κ3) is 8.95. The first-order chi connectivity index (χ1) is 22.6. The lowest BCUT2D eigenvalue weighted by atomic mass is 10.1. The van der Waals surface area contributed by atoms with E-state index in [4.69, 9.17) is 9.47 Å². The number of halogens is 1. The number of hydrogen-bond donors (Lipinski definition) is 3. The highest BCUT2D eigenvalue weighted by molar-refractivity contribution is 5.97. The van der Waals surface area contributed by atoms with Crippen LogP contribution in [0.4, 0.5) is 9.18 Å². The zero-order valence-corrected chi connectivity index (χ0v) is 25.9. The molecule has 254 valence electrons. The molecular formula is C30H38FN7O9. The smallest absolute Gasteiger partial charge is 0.409 e. The van der Waals surface area contributed by atoms with E-state index in [1.54, 1.807) is 37.3 Å². The summed E-state index contributed by atoms with van der Waals surface area (Å²) in [6, 6.07) is 7.64. The molecule has 2 saturated heterocycles. The lowest BCUT2D eigenvalue weighted by Gasteiger charge is -2.35. The van der Waals surface area contributed by atoms with Crippen molar-refractivity contribution in [3.63, 3.8) is 0 Å². The summed E-state index contributed by atoms with van der Waals surface area (Å²) in [5.41, 5.74) is 0.271. The van der Waals surface area contributed by atoms with Crippen LogP contribution in [0.3, 0.4) is 0 Å². The van der Waals surface area contributed by atoms with Gasteiger partial charge in [-0.15, -0.1) is 0 Å². The van der Waals surface area contributed by atoms with Gasteiger partial charge in [-0.05, 0) is 31.9 Å². The zero-order valence-electron chi connectivity index (χ0n) is 25.9. The first-order valence-corrected chi connectivity index (χ1v) is 15.3. The van der Waals surface area contributed by atoms with Crippen LogP contribution < -0.4 is 15.4 Å². The summed E-state index contributed by atoms with van der Waals surface area (Å²) < 4.78 is 24.6. The van der Waals surface area contributed by atoms with Gasteiger partial charge >= 0.3 is 12.1 Å². The van der Waals surface area contributed by atoms with E-state index in [9.17, 15) is 38.3 Å². The molecule has 1 aromatic carbocycles. The number of alkyl halides is 1. The molecule has 0 bridgehead atoms. The molecule has 5 amide bonds. The molecule has 0 aliphatic carbocycles. The summed E-state index contributed by atoms with van der Waals surface area (Å²) in [5.74, 6) is -3.75. The van der Waals surface area contributed by atoms with Crippen molar-refractivity contribution in [3.8, 4) is 11.6 Å². The van der Waals surface area contributed by atoms with Crippen LogP contribution in [0.2, 0.25) is 0 Å². The topological polar surface area (TPSA) is 193 Å². The number of nitrogens with zero attached hydrogens (tertiary/aromatic N) is 5. The van der Waals surface area contributed by atoms with Gasteiger partial charge in [0, 0.05) is 45.3 Å². The van der Waals surface area contributed by atoms with Gasteiger partial charge < -0.3 is 39.9 Å². The predicted octanol–water partition coefficient (Wildman–Crippen LogP) is 0.202. The van der Waals surface area contributed by atoms with Crippen LogP contribution in [0.5, 0.6) is 5.88 Å². The number of hydrogen-bond acceptors (Lipinski definition) is 9. The highest BCUT2D eigenvalue weighted by Gasteiger charge is 2.35. The third-order valence-corrected chi connectivity index (χ3v) is 7.62. The van der Waals surface area contributed by atoms with Gasteiger partial charge in [-0.1, -0.05) is 18.2 Å². The van der Waals surface area contributed by atoms with Crippen molar-refractivity contribution in [1.29, 1.82) is 0 Å². The normalized spacial score (nSPS) is 16.7. The van der Waals surface area contributed by atoms with Crippen molar-refractivity contribution in [2.24, 2.45) is 0 Å². The fourth-order valence-corrected chi connectivity index (χ4v) is 5.33. The van der Waals surface area contributed by atoms with Gasteiger partial charge in [-0.3, -0.25) is 24.0 Å². The van der Waals surface area contributed by atoms with Crippen molar-refractivity contribution < 1.29 is 47.7 Å². The van der Waals surface area contributed by atoms with Gasteiger partial charge in [0.1, 0.15) is 18.8 Å². The van der Waals surface area contributed by atoms with Crippen LogP contribution in [0.25, 0.3) is 5.69 Å². The zero-order chi connectivity index (χ0) is 33.9. The van der Waals surface area contributed by atoms with E-state index < -0.39 is 67.5 Å². The van der Waals surface area contributed by atoms with E-state index in [2.05, 4.69) is 15.7 Å². The largest absolute Gasteiger partial charge is 0.481 e. The Kier molecular flexibility index (Phi) is 12.1. The number of amides is 5. The molecule has 2 aliphatic rings. The Labute approximate surface area is 269 Å². The van der Waals surface area contributed by atoms with E-state index in [1.165, 1.54) is 25.4 Å². The minimum atomic E-state index is -1.43. The second-order valence-corrected chi connectivity index (χ2v) is 10.8. The Morgan fingerprint density at radius 1 is 1.04 bits per heavy atom. The summed E-state index contributed by atoms with van der Waals surface area (Å²) in [6.07, 6.45) is -0.199. The average Bonchev–Trinajstić information content (AvgIpc) is 3.74. The molecule has 16 nitrogen and oxygen atoms in total. The van der Waals surface area contributed by atoms with Gasteiger partial charge in [0.05, 0.1) is 18.7 Å². The Hall–Kier alpha value is -5.22. The summed E-state index contributed by atoms with van der Waals surface area (Å²) in [4.78, 5) is 80.0. The number of carboxylic acid groups (broad SMARTS) is 1. The van der Waals surface area contributed by atoms with E-state index in [0.717, 1.165) is 0 Å². The number of carbonyl (C=O) groups excluding carboxylic acids is 5. The molecule has 4 rings (SSSR count). The monoisotopic (exact) mass is 659 g/mol. The van der Waals surface area contributed by atoms with E-state index in [1.807, 2.05) is 0 Å². The SMILES string of the molecule is CCOC(=O)N1CCN(C(=O)[C@H](CC(=O)O)NC(=O)c2cc(OCC(=O)N3CCC[C@H]3C(=O)NCCF)n(-c3ccccc3)n2)CC1. The lowest BCUT2D eigenvalue weighted by molar-refractivity contribution is -0.143. The fourth-order valence-electron chi connectivity index (χ4n) is 5.33. The molecule has 0 radical (unpaired) electrons. The number of carbonyl (C=O) groups is 6. The number of ether oxygens (including phenoxy) is 2. The number of likely N-dealkylation sites (tertiary alicyclic amines) is 1. The molecule has 0 unspecified atom stereocenters. The van der Waals surface area contributed by atoms with Crippen molar-refractivity contribution >= 4 is 35.7 Å². The quantitative estimate of drug-likeness (QED) is 0.268. The molecule has 3 N–H and O–H groups in total. The van der Waals surface area contributed by atoms with Gasteiger partial charge in [-0.25, -0.2) is 13.9 Å². The van der Waals surface area contributed by atoms with E-state index >= 15 is 0 Å². The number of aliphatic carboxylic acids is 1. The van der Waals surface area contributed by atoms with Crippen molar-refractivity contribution in [2.45, 2.75) is 38.3 Å². The molecular weight excluding hydrogens is 621 g/mol. The standard InChI is InChI=1S/C30H38FN7O9/c1-2-46-30(45)36-15-13-35(14-16-36)29(44)22(18-26(40)41)33-27(42)21-17-25(38(34-21)20-7-4-3-5-8-20)47-19-24(39)37-12-6-9-23(37)28(43)32-11-10-31/h3-5,7-8,17,22-23H,2,6,9-16,18-19H2,1H3,(H,32,43)(H,33,42)(H,40,41)/t22-,23-/m0/s1. The molecule has 1 aromatic heterocycles. The Morgan fingerprint density at radius 3 is 2.40 bits per heavy atom. The summed E-state index contributed by atoms with van der Waals surface area (Å²) >= 11 is 0. The predicted molar refractivity (Wildman–Crippen MR) is 161 cm³/mol. The first kappa shape index (κ1) is 34.6. The summed E-state index contributed by atoms with van der Waals surface area (Å²) in [7, 11) is 0. The highest BCUT2D eigenvalue weighted by atomic mass is 19.1. The minimum absolute atomic E-state index is 0.00326. The number of aromatic nitrogens is 2. The first-order valence-electron chi connectivity index (χ1n) is 15.3. The number of benzene rings is 1. The fraction of sp³-hybridized carbons (Fsp3) is 0.500. The Morgan fingerprint density at radius 2 is 1.74 bits per heavy atom. The third-order valence-electron chi connectivity index (χ3n) is 7.62. The lowest BCUT2D eigenvalue weighted by Crippen LogP contribution is -2.56. The van der Waals surface area contributed by atoms with Crippen molar-refractivity contribution in [3.05, 3.63) is 42.1 Å². The molecule has 0 spiro atoms. The summed E-state index contributed by atoms with van der Waals surface area (Å²) in [6.45, 7) is 1.42. The molecule has 47 heavy (non-hydrogen) atoms. The van der Waals surface area contributed by atoms with Gasteiger partial charge in [0.2, 0.25) is 17.7 Å². The maximum absolute atomic E-state index is 13.4. The van der Waals surface area contributed by atoms with Crippen molar-refractivity contribution in [1.82, 2.24) is 35.1 Å².